The average molecular weight is 1230 g/mol. The molecule has 2 amide bonds. The van der Waals surface area contributed by atoms with Crippen LogP contribution in [0.1, 0.15) is 134 Å². The standard InChI is InChI=1S/2C35H40N4O4S/c2*1-25-13-17-28(18-14-25)32-33(29-19-15-26(2)16-20-29)37-35-34(36-32)30(40)21-23-39(35)22-9-4-3-8-12-31(41)38-44(42,43)24-27-10-6-5-7-11-27/h2*5-7,10-11,13-20,30,40H,3-4,8-9,12,21-24H2,1-2H3,(H,38,41)/t2*30-/m10/s1. The molecule has 88 heavy (non-hydrogen) atoms. The summed E-state index contributed by atoms with van der Waals surface area (Å²) >= 11 is 0. The Hall–Kier alpha value is -8.16. The quantitative estimate of drug-likeness (QED) is 0.0413. The highest BCUT2D eigenvalue weighted by atomic mass is 32.2. The largest absolute Gasteiger partial charge is 0.387 e. The zero-order valence-corrected chi connectivity index (χ0v) is 52.4. The van der Waals surface area contributed by atoms with Gasteiger partial charge < -0.3 is 20.0 Å². The van der Waals surface area contributed by atoms with Gasteiger partial charge in [-0.15, -0.1) is 0 Å². The van der Waals surface area contributed by atoms with Gasteiger partial charge in [-0.3, -0.25) is 19.0 Å². The number of anilines is 2. The van der Waals surface area contributed by atoms with Crippen LogP contribution in [0.5, 0.6) is 0 Å². The molecule has 460 valence electrons. The molecule has 2 aromatic heterocycles. The van der Waals surface area contributed by atoms with Crippen molar-refractivity contribution in [3.05, 3.63) is 202 Å². The fraction of sp³-hybridized carbons (Fsp3) is 0.343. The number of aliphatic hydroxyl groups is 2. The van der Waals surface area contributed by atoms with Gasteiger partial charge in [0, 0.05) is 61.3 Å². The zero-order chi connectivity index (χ0) is 62.2. The Morgan fingerprint density at radius 3 is 1.03 bits per heavy atom. The number of aryl methyl sites for hydroxylation is 4. The molecule has 6 aromatic carbocycles. The van der Waals surface area contributed by atoms with Gasteiger partial charge in [-0.1, -0.05) is 206 Å². The minimum atomic E-state index is -3.72. The van der Waals surface area contributed by atoms with E-state index in [1.54, 1.807) is 48.5 Å². The van der Waals surface area contributed by atoms with E-state index in [2.05, 4.69) is 144 Å². The Labute approximate surface area is 518 Å². The third kappa shape index (κ3) is 18.0. The molecular weight excluding hydrogens is 1140 g/mol. The van der Waals surface area contributed by atoms with Gasteiger partial charge in [-0.05, 0) is 77.3 Å². The number of nitrogens with one attached hydrogen (secondary N) is 2. The molecular formula is C70H80N8O8S2. The second-order valence-corrected chi connectivity index (χ2v) is 26.6. The highest BCUT2D eigenvalue weighted by Crippen LogP contribution is 2.40. The van der Waals surface area contributed by atoms with Crippen LogP contribution in [0.2, 0.25) is 0 Å². The normalized spacial score (nSPS) is 14.7. The van der Waals surface area contributed by atoms with Crippen molar-refractivity contribution >= 4 is 43.5 Å². The number of hydrogen-bond donors (Lipinski definition) is 4. The van der Waals surface area contributed by atoms with E-state index in [9.17, 15) is 36.6 Å². The summed E-state index contributed by atoms with van der Waals surface area (Å²) in [6.07, 6.45) is 6.50. The number of nitrogens with zero attached hydrogens (tertiary/aromatic N) is 6. The van der Waals surface area contributed by atoms with Crippen molar-refractivity contribution in [2.24, 2.45) is 0 Å². The van der Waals surface area contributed by atoms with Crippen molar-refractivity contribution in [2.45, 2.75) is 128 Å². The summed E-state index contributed by atoms with van der Waals surface area (Å²) in [5.41, 5.74) is 14.1. The van der Waals surface area contributed by atoms with Crippen molar-refractivity contribution in [1.82, 2.24) is 29.4 Å². The van der Waals surface area contributed by atoms with Crippen molar-refractivity contribution < 1.29 is 36.6 Å². The Bertz CT molecular complexity index is 3600. The lowest BCUT2D eigenvalue weighted by molar-refractivity contribution is -0.120. The predicted octanol–water partition coefficient (Wildman–Crippen LogP) is 12.5. The smallest absolute Gasteiger partial charge is 0.239 e. The topological polar surface area (TPSA) is 225 Å². The number of amides is 2. The summed E-state index contributed by atoms with van der Waals surface area (Å²) in [5.74, 6) is 0.0712. The Kier molecular flexibility index (Phi) is 22.0. The minimum absolute atomic E-state index is 0.167. The minimum Gasteiger partial charge on any atom is -0.387 e. The Morgan fingerprint density at radius 1 is 0.420 bits per heavy atom. The van der Waals surface area contributed by atoms with Gasteiger partial charge in [0.2, 0.25) is 31.9 Å². The van der Waals surface area contributed by atoms with Crippen molar-refractivity contribution in [3.8, 4) is 45.0 Å². The third-order valence-corrected chi connectivity index (χ3v) is 18.3. The molecule has 0 unspecified atom stereocenters. The van der Waals surface area contributed by atoms with E-state index in [0.717, 1.165) is 119 Å². The SMILES string of the molecule is Cc1ccc(-c2nc3c(nc2-c2ccc(C)cc2)N(CCCCCCC(=O)NS(=O)(=O)Cc2ccccc2)CC[C@@H]3O)cc1.Cc1ccc(-c2nc3c(nc2-c2ccc(C)cc2)N(CCCCCCC(=O)NS(=O)(=O)Cc2ccccc2)CC[C@H]3O)cc1. The highest BCUT2D eigenvalue weighted by molar-refractivity contribution is 7.89. The average Bonchev–Trinajstić information content (AvgIpc) is 1.10. The van der Waals surface area contributed by atoms with E-state index in [1.165, 1.54) is 11.1 Å². The molecule has 4 N–H and O–H groups in total. The van der Waals surface area contributed by atoms with Crippen LogP contribution < -0.4 is 19.2 Å². The van der Waals surface area contributed by atoms with Crippen LogP contribution in [-0.2, 0) is 41.1 Å². The molecule has 0 bridgehead atoms. The van der Waals surface area contributed by atoms with Gasteiger partial charge in [0.05, 0.1) is 34.3 Å². The summed E-state index contributed by atoms with van der Waals surface area (Å²) in [7, 11) is -7.43. The molecule has 0 fully saturated rings. The summed E-state index contributed by atoms with van der Waals surface area (Å²) in [5, 5.41) is 21.9. The molecule has 0 saturated heterocycles. The maximum Gasteiger partial charge on any atom is 0.239 e. The molecule has 0 aliphatic carbocycles. The van der Waals surface area contributed by atoms with Crippen molar-refractivity contribution in [2.75, 3.05) is 36.0 Å². The van der Waals surface area contributed by atoms with E-state index in [4.69, 9.17) is 19.9 Å². The van der Waals surface area contributed by atoms with Gasteiger partial charge in [-0.25, -0.2) is 36.8 Å². The molecule has 8 aromatic rings. The second-order valence-electron chi connectivity index (χ2n) is 23.2. The van der Waals surface area contributed by atoms with Crippen molar-refractivity contribution in [3.63, 3.8) is 0 Å². The summed E-state index contributed by atoms with van der Waals surface area (Å²) in [4.78, 5) is 49.3. The molecule has 0 spiro atoms. The van der Waals surface area contributed by atoms with Crippen LogP contribution in [0.3, 0.4) is 0 Å². The van der Waals surface area contributed by atoms with Crippen LogP contribution in [0.25, 0.3) is 45.0 Å². The number of fused-ring (bicyclic) bond motifs is 2. The number of sulfonamides is 2. The molecule has 16 nitrogen and oxygen atoms in total. The van der Waals surface area contributed by atoms with E-state index in [1.807, 2.05) is 12.1 Å². The number of unbranched alkanes of at least 4 members (excludes halogenated alkanes) is 6. The second kappa shape index (κ2) is 30.2. The molecule has 0 saturated carbocycles. The van der Waals surface area contributed by atoms with Gasteiger partial charge >= 0.3 is 0 Å². The van der Waals surface area contributed by atoms with Crippen LogP contribution in [0.4, 0.5) is 11.6 Å². The number of rotatable bonds is 24. The van der Waals surface area contributed by atoms with E-state index in [0.29, 0.717) is 61.3 Å². The fourth-order valence-corrected chi connectivity index (χ4v) is 13.2. The number of carbonyl (C=O) groups excluding carboxylic acids is 2. The first-order valence-corrected chi connectivity index (χ1v) is 33.8. The monoisotopic (exact) mass is 1220 g/mol. The highest BCUT2D eigenvalue weighted by Gasteiger charge is 2.31. The molecule has 4 heterocycles. The van der Waals surface area contributed by atoms with E-state index < -0.39 is 44.1 Å². The van der Waals surface area contributed by atoms with E-state index in [-0.39, 0.29) is 24.3 Å². The van der Waals surface area contributed by atoms with Gasteiger partial charge in [0.1, 0.15) is 23.6 Å². The van der Waals surface area contributed by atoms with Gasteiger partial charge in [0.15, 0.2) is 11.6 Å². The first-order chi connectivity index (χ1) is 42.4. The van der Waals surface area contributed by atoms with Gasteiger partial charge in [-0.2, -0.15) is 0 Å². The molecule has 18 heteroatoms. The van der Waals surface area contributed by atoms with Crippen molar-refractivity contribution in [1.29, 1.82) is 0 Å². The Balaban J connectivity index is 0.000000209. The maximum atomic E-state index is 12.3. The first-order valence-electron chi connectivity index (χ1n) is 30.5. The van der Waals surface area contributed by atoms with Gasteiger partial charge in [0.25, 0.3) is 0 Å². The number of carbonyl (C=O) groups is 2. The summed E-state index contributed by atoms with van der Waals surface area (Å²) < 4.78 is 53.7. The first kappa shape index (κ1) is 64.3. The number of aromatic nitrogens is 4. The molecule has 2 atom stereocenters. The number of aliphatic hydroxyl groups excluding tert-OH is 2. The summed E-state index contributed by atoms with van der Waals surface area (Å²) in [6, 6.07) is 50.6. The zero-order valence-electron chi connectivity index (χ0n) is 50.7. The fourth-order valence-electron chi connectivity index (χ4n) is 10.9. The van der Waals surface area contributed by atoms with Crippen LogP contribution in [0, 0.1) is 27.7 Å². The molecule has 2 aliphatic rings. The summed E-state index contributed by atoms with van der Waals surface area (Å²) in [6.45, 7) is 11.1. The Morgan fingerprint density at radius 2 is 0.716 bits per heavy atom. The number of benzene rings is 6. The van der Waals surface area contributed by atoms with Crippen LogP contribution >= 0.6 is 0 Å². The van der Waals surface area contributed by atoms with E-state index >= 15 is 0 Å². The molecule has 10 rings (SSSR count). The lowest BCUT2D eigenvalue weighted by Gasteiger charge is -2.33. The maximum absolute atomic E-state index is 12.3. The van der Waals surface area contributed by atoms with Crippen LogP contribution in [0.15, 0.2) is 158 Å². The lowest BCUT2D eigenvalue weighted by Crippen LogP contribution is -2.34. The number of hydrogen-bond acceptors (Lipinski definition) is 14. The predicted molar refractivity (Wildman–Crippen MR) is 349 cm³/mol. The lowest BCUT2D eigenvalue weighted by atomic mass is 10.00. The molecule has 0 radical (unpaired) electrons. The third-order valence-electron chi connectivity index (χ3n) is 15.8. The van der Waals surface area contributed by atoms with Crippen LogP contribution in [-0.4, -0.2) is 85.0 Å². The molecule has 2 aliphatic heterocycles.